The molecule has 0 amide bonds. The summed E-state index contributed by atoms with van der Waals surface area (Å²) >= 11 is 0. The highest BCUT2D eigenvalue weighted by Crippen LogP contribution is 2.30. The molecule has 0 radical (unpaired) electrons. The molecule has 0 bridgehead atoms. The fraction of sp³-hybridized carbons (Fsp3) is 0.636. The lowest BCUT2D eigenvalue weighted by Gasteiger charge is -2.16. The number of hydrogen-bond acceptors (Lipinski definition) is 3. The van der Waals surface area contributed by atoms with Crippen molar-refractivity contribution >= 4 is 5.97 Å². The predicted molar refractivity (Wildman–Crippen MR) is 59.0 cm³/mol. The van der Waals surface area contributed by atoms with Gasteiger partial charge in [-0.2, -0.15) is 0 Å². The van der Waals surface area contributed by atoms with E-state index in [9.17, 15) is 4.79 Å². The molecule has 0 aliphatic heterocycles. The smallest absolute Gasteiger partial charge is 0.320 e. The molecule has 1 aromatic heterocycles. The summed E-state index contributed by atoms with van der Waals surface area (Å²) in [4.78, 5) is 14.8. The molecule has 1 aliphatic carbocycles. The van der Waals surface area contributed by atoms with E-state index in [0.29, 0.717) is 12.5 Å². The third-order valence-corrected chi connectivity index (χ3v) is 3.21. The molecule has 1 aliphatic rings. The highest BCUT2D eigenvalue weighted by atomic mass is 16.4. The normalized spacial score (nSPS) is 18.8. The lowest BCUT2D eigenvalue weighted by Crippen LogP contribution is -2.33. The van der Waals surface area contributed by atoms with Crippen molar-refractivity contribution in [2.45, 2.75) is 44.2 Å². The van der Waals surface area contributed by atoms with E-state index in [2.05, 4.69) is 9.55 Å². The number of rotatable bonds is 4. The molecule has 0 saturated heterocycles. The summed E-state index contributed by atoms with van der Waals surface area (Å²) in [5.74, 6) is -0.959. The van der Waals surface area contributed by atoms with Crippen LogP contribution < -0.4 is 5.73 Å². The first-order valence-corrected chi connectivity index (χ1v) is 5.67. The second-order valence-electron chi connectivity index (χ2n) is 4.38. The summed E-state index contributed by atoms with van der Waals surface area (Å²) in [6.45, 7) is 0. The zero-order valence-corrected chi connectivity index (χ0v) is 9.17. The maximum atomic E-state index is 10.7. The Balaban J connectivity index is 2.09. The van der Waals surface area contributed by atoms with E-state index in [4.69, 9.17) is 10.8 Å². The van der Waals surface area contributed by atoms with Gasteiger partial charge in [0.25, 0.3) is 0 Å². The van der Waals surface area contributed by atoms with Crippen molar-refractivity contribution < 1.29 is 9.90 Å². The number of nitrogens with two attached hydrogens (primary N) is 1. The number of carbonyl (C=O) groups is 1. The summed E-state index contributed by atoms with van der Waals surface area (Å²) in [6, 6.07) is -0.352. The summed E-state index contributed by atoms with van der Waals surface area (Å²) in [6.07, 6.45) is 8.67. The maximum absolute atomic E-state index is 10.7. The molecule has 16 heavy (non-hydrogen) atoms. The molecule has 1 atom stereocenters. The van der Waals surface area contributed by atoms with Crippen molar-refractivity contribution in [3.63, 3.8) is 0 Å². The zero-order valence-electron chi connectivity index (χ0n) is 9.17. The van der Waals surface area contributed by atoms with Gasteiger partial charge in [0.2, 0.25) is 0 Å². The predicted octanol–water partition coefficient (Wildman–Crippen LogP) is 0.953. The van der Waals surface area contributed by atoms with Crippen LogP contribution in [0.25, 0.3) is 0 Å². The van der Waals surface area contributed by atoms with Gasteiger partial charge < -0.3 is 15.4 Å². The van der Waals surface area contributed by atoms with E-state index in [-0.39, 0.29) is 0 Å². The lowest BCUT2D eigenvalue weighted by atomic mass is 10.1. The van der Waals surface area contributed by atoms with Crippen LogP contribution in [0.5, 0.6) is 0 Å². The second kappa shape index (κ2) is 4.65. The number of carboxylic acid groups (broad SMARTS) is 1. The van der Waals surface area contributed by atoms with Gasteiger partial charge in [-0.1, -0.05) is 12.8 Å². The summed E-state index contributed by atoms with van der Waals surface area (Å²) in [5, 5.41) is 8.78. The summed E-state index contributed by atoms with van der Waals surface area (Å²) in [7, 11) is 0. The first-order chi connectivity index (χ1) is 7.68. The van der Waals surface area contributed by atoms with Crippen molar-refractivity contribution in [3.8, 4) is 0 Å². The molecule has 0 spiro atoms. The van der Waals surface area contributed by atoms with Crippen LogP contribution in [0.1, 0.15) is 37.4 Å². The maximum Gasteiger partial charge on any atom is 0.320 e. The van der Waals surface area contributed by atoms with Crippen LogP contribution >= 0.6 is 0 Å². The van der Waals surface area contributed by atoms with Crippen LogP contribution in [-0.2, 0) is 11.2 Å². The van der Waals surface area contributed by atoms with Crippen LogP contribution in [0, 0.1) is 0 Å². The van der Waals surface area contributed by atoms with Gasteiger partial charge in [0.15, 0.2) is 0 Å². The molecule has 1 heterocycles. The topological polar surface area (TPSA) is 81.1 Å². The molecule has 1 saturated carbocycles. The molecule has 3 N–H and O–H groups in total. The number of aromatic nitrogens is 2. The van der Waals surface area contributed by atoms with Crippen LogP contribution in [0.4, 0.5) is 0 Å². The molecular weight excluding hydrogens is 206 g/mol. The molecule has 0 unspecified atom stereocenters. The molecule has 1 fully saturated rings. The van der Waals surface area contributed by atoms with Gasteiger partial charge in [-0.3, -0.25) is 4.79 Å². The van der Waals surface area contributed by atoms with Gasteiger partial charge in [0.1, 0.15) is 6.04 Å². The number of hydrogen-bond donors (Lipinski definition) is 2. The largest absolute Gasteiger partial charge is 0.480 e. The van der Waals surface area contributed by atoms with Crippen molar-refractivity contribution in [3.05, 3.63) is 18.2 Å². The van der Waals surface area contributed by atoms with Crippen molar-refractivity contribution in [2.75, 3.05) is 0 Å². The van der Waals surface area contributed by atoms with E-state index >= 15 is 0 Å². The molecule has 2 rings (SSSR count). The summed E-state index contributed by atoms with van der Waals surface area (Å²) < 4.78 is 2.09. The molecule has 0 aromatic carbocycles. The van der Waals surface area contributed by atoms with E-state index in [1.165, 1.54) is 12.8 Å². The van der Waals surface area contributed by atoms with Crippen LogP contribution in [0.2, 0.25) is 0 Å². The highest BCUT2D eigenvalue weighted by molar-refractivity contribution is 5.73. The fourth-order valence-corrected chi connectivity index (χ4v) is 2.31. The Labute approximate surface area is 94.3 Å². The molecule has 5 nitrogen and oxygen atoms in total. The number of aliphatic carboxylic acids is 1. The Morgan fingerprint density at radius 3 is 2.94 bits per heavy atom. The quantitative estimate of drug-likeness (QED) is 0.796. The first-order valence-electron chi connectivity index (χ1n) is 5.67. The third-order valence-electron chi connectivity index (χ3n) is 3.21. The minimum Gasteiger partial charge on any atom is -0.480 e. The molecular formula is C11H17N3O2. The Kier molecular flexibility index (Phi) is 3.24. The lowest BCUT2D eigenvalue weighted by molar-refractivity contribution is -0.138. The van der Waals surface area contributed by atoms with E-state index in [1.807, 2.05) is 0 Å². The fourth-order valence-electron chi connectivity index (χ4n) is 2.31. The number of imidazole rings is 1. The SMILES string of the molecule is N[C@@H](Cc1cncn1C1CCCC1)C(=O)O. The minimum absolute atomic E-state index is 0.353. The van der Waals surface area contributed by atoms with Crippen molar-refractivity contribution in [1.29, 1.82) is 0 Å². The van der Waals surface area contributed by atoms with Gasteiger partial charge in [0, 0.05) is 24.4 Å². The van der Waals surface area contributed by atoms with Crippen LogP contribution in [-0.4, -0.2) is 26.7 Å². The third kappa shape index (κ3) is 2.24. The van der Waals surface area contributed by atoms with Gasteiger partial charge in [0.05, 0.1) is 6.33 Å². The number of nitrogens with zero attached hydrogens (tertiary/aromatic N) is 2. The summed E-state index contributed by atoms with van der Waals surface area (Å²) in [5.41, 5.74) is 6.47. The Hall–Kier alpha value is -1.36. The van der Waals surface area contributed by atoms with Crippen molar-refractivity contribution in [1.82, 2.24) is 9.55 Å². The molecule has 5 heteroatoms. The Morgan fingerprint density at radius 2 is 2.31 bits per heavy atom. The van der Waals surface area contributed by atoms with Gasteiger partial charge in [-0.05, 0) is 12.8 Å². The average molecular weight is 223 g/mol. The minimum atomic E-state index is -0.959. The molecule has 88 valence electrons. The average Bonchev–Trinajstić information content (AvgIpc) is 2.85. The van der Waals surface area contributed by atoms with Gasteiger partial charge >= 0.3 is 5.97 Å². The highest BCUT2D eigenvalue weighted by Gasteiger charge is 2.21. The van der Waals surface area contributed by atoms with Gasteiger partial charge in [-0.25, -0.2) is 4.98 Å². The first kappa shape index (κ1) is 11.1. The van der Waals surface area contributed by atoms with E-state index < -0.39 is 12.0 Å². The van der Waals surface area contributed by atoms with Gasteiger partial charge in [-0.15, -0.1) is 0 Å². The monoisotopic (exact) mass is 223 g/mol. The zero-order chi connectivity index (χ0) is 11.5. The molecule has 1 aromatic rings. The Morgan fingerprint density at radius 1 is 1.62 bits per heavy atom. The van der Waals surface area contributed by atoms with Crippen LogP contribution in [0.3, 0.4) is 0 Å². The number of carboxylic acids is 1. The van der Waals surface area contributed by atoms with E-state index in [1.54, 1.807) is 12.5 Å². The Bertz CT molecular complexity index is 369. The standard InChI is InChI=1S/C11H17N3O2/c12-10(11(15)16)5-9-6-13-7-14(9)8-3-1-2-4-8/h6-8,10H,1-5,12H2,(H,15,16)/t10-/m0/s1. The van der Waals surface area contributed by atoms with Crippen LogP contribution in [0.15, 0.2) is 12.5 Å². The second-order valence-corrected chi connectivity index (χ2v) is 4.38. The van der Waals surface area contributed by atoms with Crippen molar-refractivity contribution in [2.24, 2.45) is 5.73 Å². The van der Waals surface area contributed by atoms with E-state index in [0.717, 1.165) is 18.5 Å².